The number of nitrogens with two attached hydrogens (primary N) is 1. The third-order valence-corrected chi connectivity index (χ3v) is 6.13. The van der Waals surface area contributed by atoms with E-state index in [2.05, 4.69) is 19.9 Å². The molecule has 3 heterocycles. The first kappa shape index (κ1) is 21.4. The molecule has 8 nitrogen and oxygen atoms in total. The minimum absolute atomic E-state index is 0.0167. The average Bonchev–Trinajstić information content (AvgIpc) is 3.16. The second-order valence-corrected chi connectivity index (χ2v) is 8.91. The highest BCUT2D eigenvalue weighted by molar-refractivity contribution is 5.97. The highest BCUT2D eigenvalue weighted by atomic mass is 19.1. The number of likely N-dealkylation sites (N-methyl/N-ethyl adjacent to an activating group) is 1. The largest absolute Gasteiger partial charge is 0.397 e. The number of hydrogen-bond donors (Lipinski definition) is 3. The third kappa shape index (κ3) is 3.83. The Labute approximate surface area is 190 Å². The molecule has 0 spiro atoms. The van der Waals surface area contributed by atoms with Crippen molar-refractivity contribution in [3.8, 4) is 11.4 Å². The van der Waals surface area contributed by atoms with Crippen molar-refractivity contribution in [3.63, 3.8) is 0 Å². The first-order valence-corrected chi connectivity index (χ1v) is 10.9. The maximum Gasteiger partial charge on any atom is 0.261 e. The second kappa shape index (κ2) is 8.17. The van der Waals surface area contributed by atoms with E-state index in [0.29, 0.717) is 46.9 Å². The van der Waals surface area contributed by atoms with E-state index in [-0.39, 0.29) is 29.1 Å². The summed E-state index contributed by atoms with van der Waals surface area (Å²) < 4.78 is 21.1. The molecule has 4 aromatic rings. The number of aromatic nitrogens is 3. The molecule has 1 aliphatic heterocycles. The summed E-state index contributed by atoms with van der Waals surface area (Å²) in [6, 6.07) is 10.5. The summed E-state index contributed by atoms with van der Waals surface area (Å²) in [6.45, 7) is 3.87. The van der Waals surface area contributed by atoms with Gasteiger partial charge >= 0.3 is 0 Å². The molecule has 0 unspecified atom stereocenters. The Balaban J connectivity index is 1.57. The minimum Gasteiger partial charge on any atom is -0.397 e. The van der Waals surface area contributed by atoms with Crippen molar-refractivity contribution in [2.75, 3.05) is 44.4 Å². The smallest absolute Gasteiger partial charge is 0.261 e. The molecule has 33 heavy (non-hydrogen) atoms. The summed E-state index contributed by atoms with van der Waals surface area (Å²) >= 11 is 0. The summed E-state index contributed by atoms with van der Waals surface area (Å²) in [5.41, 5.74) is 8.78. The van der Waals surface area contributed by atoms with Gasteiger partial charge in [-0.25, -0.2) is 9.37 Å². The molecule has 2 atom stereocenters. The molecule has 0 aliphatic carbocycles. The van der Waals surface area contributed by atoms with Gasteiger partial charge in [-0.15, -0.1) is 0 Å². The lowest BCUT2D eigenvalue weighted by Gasteiger charge is -2.40. The van der Waals surface area contributed by atoms with Gasteiger partial charge in [-0.05, 0) is 33.2 Å². The van der Waals surface area contributed by atoms with E-state index in [1.54, 1.807) is 12.1 Å². The van der Waals surface area contributed by atoms with Gasteiger partial charge in [0.2, 0.25) is 0 Å². The van der Waals surface area contributed by atoms with Crippen molar-refractivity contribution in [1.29, 1.82) is 0 Å². The van der Waals surface area contributed by atoms with Crippen LogP contribution in [0.5, 0.6) is 0 Å². The van der Waals surface area contributed by atoms with Gasteiger partial charge < -0.3 is 30.2 Å². The number of anilines is 2. The van der Waals surface area contributed by atoms with Crippen LogP contribution in [-0.2, 0) is 4.74 Å². The first-order valence-electron chi connectivity index (χ1n) is 10.9. The fraction of sp³-hybridized carbons (Fsp3) is 0.333. The van der Waals surface area contributed by atoms with Gasteiger partial charge in [-0.3, -0.25) is 4.79 Å². The van der Waals surface area contributed by atoms with E-state index in [9.17, 15) is 4.79 Å². The molecule has 172 valence electrons. The van der Waals surface area contributed by atoms with E-state index in [1.807, 2.05) is 44.1 Å². The summed E-state index contributed by atoms with van der Waals surface area (Å²) in [5, 5.41) is 0.730. The van der Waals surface area contributed by atoms with E-state index in [1.165, 1.54) is 6.07 Å². The van der Waals surface area contributed by atoms with Crippen molar-refractivity contribution < 1.29 is 9.13 Å². The number of imidazole rings is 1. The van der Waals surface area contributed by atoms with E-state index >= 15 is 4.39 Å². The van der Waals surface area contributed by atoms with E-state index in [4.69, 9.17) is 10.5 Å². The van der Waals surface area contributed by atoms with E-state index in [0.717, 1.165) is 11.9 Å². The van der Waals surface area contributed by atoms with Crippen LogP contribution < -0.4 is 16.2 Å². The van der Waals surface area contributed by atoms with Gasteiger partial charge in [0.25, 0.3) is 5.56 Å². The van der Waals surface area contributed by atoms with Crippen LogP contribution in [0, 0.1) is 5.82 Å². The Morgan fingerprint density at radius 2 is 2.03 bits per heavy atom. The van der Waals surface area contributed by atoms with Crippen molar-refractivity contribution in [2.45, 2.75) is 19.1 Å². The lowest BCUT2D eigenvalue weighted by molar-refractivity contribution is 0.00859. The average molecular weight is 451 g/mol. The van der Waals surface area contributed by atoms with E-state index < -0.39 is 0 Å². The molecule has 2 aromatic heterocycles. The van der Waals surface area contributed by atoms with Crippen molar-refractivity contribution >= 4 is 33.3 Å². The van der Waals surface area contributed by atoms with Gasteiger partial charge in [0.05, 0.1) is 40.6 Å². The molecule has 0 amide bonds. The molecule has 1 aliphatic rings. The zero-order valence-corrected chi connectivity index (χ0v) is 18.9. The number of hydrogen-bond acceptors (Lipinski definition) is 6. The highest BCUT2D eigenvalue weighted by Gasteiger charge is 2.29. The molecule has 4 N–H and O–H groups in total. The highest BCUT2D eigenvalue weighted by Crippen LogP contribution is 2.32. The Hall–Kier alpha value is -3.43. The van der Waals surface area contributed by atoms with Gasteiger partial charge in [-0.1, -0.05) is 18.2 Å². The van der Waals surface area contributed by atoms with Crippen LogP contribution in [0.1, 0.15) is 6.92 Å². The van der Waals surface area contributed by atoms with Crippen LogP contribution in [0.2, 0.25) is 0 Å². The maximum absolute atomic E-state index is 15.2. The zero-order valence-electron chi connectivity index (χ0n) is 18.9. The fourth-order valence-corrected chi connectivity index (χ4v) is 4.53. The number of halogens is 1. The molecule has 1 fully saturated rings. The minimum atomic E-state index is -0.351. The number of pyridine rings is 1. The number of morpholine rings is 1. The zero-order chi connectivity index (χ0) is 23.3. The van der Waals surface area contributed by atoms with Gasteiger partial charge in [0, 0.05) is 30.6 Å². The number of fused-ring (bicyclic) bond motifs is 2. The number of nitrogens with one attached hydrogen (secondary N) is 2. The van der Waals surface area contributed by atoms with Gasteiger partial charge in [0.1, 0.15) is 17.2 Å². The number of para-hydroxylation sites is 1. The molecule has 0 bridgehead atoms. The second-order valence-electron chi connectivity index (χ2n) is 8.91. The quantitative estimate of drug-likeness (QED) is 0.442. The topological polar surface area (TPSA) is 103 Å². The molecule has 5 rings (SSSR count). The SMILES string of the molecule is C[C@H]1CO[C@@H](CN(C)C)CN1c1cc2nc(-c3c(N)c4ccccc4[nH]c3=O)[nH]c2cc1F. The van der Waals surface area contributed by atoms with Crippen molar-refractivity contribution in [3.05, 3.63) is 52.6 Å². The molecular formula is C24H27FN6O2. The summed E-state index contributed by atoms with van der Waals surface area (Å²) in [7, 11) is 3.98. The van der Waals surface area contributed by atoms with Crippen LogP contribution in [0.3, 0.4) is 0 Å². The molecule has 0 radical (unpaired) electrons. The molecule has 1 saturated heterocycles. The van der Waals surface area contributed by atoms with Crippen LogP contribution in [0.15, 0.2) is 41.2 Å². The number of H-pyrrole nitrogens is 2. The number of nitrogen functional groups attached to an aromatic ring is 1. The summed E-state index contributed by atoms with van der Waals surface area (Å²) in [5.74, 6) is -0.0398. The molecular weight excluding hydrogens is 423 g/mol. The van der Waals surface area contributed by atoms with Crippen molar-refractivity contribution in [1.82, 2.24) is 19.9 Å². The van der Waals surface area contributed by atoms with Gasteiger partial charge in [-0.2, -0.15) is 0 Å². The molecule has 9 heteroatoms. The van der Waals surface area contributed by atoms with Gasteiger partial charge in [0.15, 0.2) is 0 Å². The lowest BCUT2D eigenvalue weighted by atomic mass is 10.1. The first-order chi connectivity index (χ1) is 15.8. The predicted octanol–water partition coefficient (Wildman–Crippen LogP) is 2.95. The summed E-state index contributed by atoms with van der Waals surface area (Å²) in [4.78, 5) is 27.4. The Morgan fingerprint density at radius 1 is 1.24 bits per heavy atom. The van der Waals surface area contributed by atoms with Crippen LogP contribution in [0.4, 0.5) is 15.8 Å². The Morgan fingerprint density at radius 3 is 2.82 bits per heavy atom. The maximum atomic E-state index is 15.2. The number of nitrogens with zero attached hydrogens (tertiary/aromatic N) is 3. The number of aromatic amines is 2. The molecule has 0 saturated carbocycles. The van der Waals surface area contributed by atoms with Crippen LogP contribution >= 0.6 is 0 Å². The predicted molar refractivity (Wildman–Crippen MR) is 129 cm³/mol. The van der Waals surface area contributed by atoms with Crippen LogP contribution in [0.25, 0.3) is 33.3 Å². The summed E-state index contributed by atoms with van der Waals surface area (Å²) in [6.07, 6.45) is -0.0167. The normalized spacial score (nSPS) is 19.1. The van der Waals surface area contributed by atoms with Crippen LogP contribution in [-0.4, -0.2) is 65.8 Å². The lowest BCUT2D eigenvalue weighted by Crippen LogP contribution is -2.51. The Bertz CT molecular complexity index is 1400. The standard InChI is InChI=1S/C24H27FN6O2/c1-13-12-33-14(10-30(2)3)11-31(13)20-9-19-18(8-16(20)25)27-23(28-19)21-22(26)15-6-4-5-7-17(15)29-24(21)32/h4-9,13-14H,10-12H2,1-3H3,(H,27,28)(H3,26,29,32)/t13-,14-/m0/s1. The molecule has 2 aromatic carbocycles. The number of benzene rings is 2. The van der Waals surface area contributed by atoms with Crippen molar-refractivity contribution in [2.24, 2.45) is 0 Å². The Kier molecular flexibility index (Phi) is 5.30. The number of ether oxygens (including phenoxy) is 1. The third-order valence-electron chi connectivity index (χ3n) is 6.13. The number of rotatable bonds is 4. The monoisotopic (exact) mass is 450 g/mol. The fourth-order valence-electron chi connectivity index (χ4n) is 4.53.